The van der Waals surface area contributed by atoms with Crippen LogP contribution in [0.25, 0.3) is 0 Å². The zero-order valence-electron chi connectivity index (χ0n) is 9.45. The largest absolute Gasteiger partial charge is 0.393 e. The molecule has 0 radical (unpaired) electrons. The Kier molecular flexibility index (Phi) is 8.63. The lowest BCUT2D eigenvalue weighted by Gasteiger charge is -2.23. The molecule has 0 heterocycles. The summed E-state index contributed by atoms with van der Waals surface area (Å²) in [7, 11) is 2.18. The fourth-order valence-corrected chi connectivity index (χ4v) is 2.13. The average molecular weight is 234 g/mol. The second kappa shape index (κ2) is 8.50. The fourth-order valence-electron chi connectivity index (χ4n) is 1.25. The lowest BCUT2D eigenvalue weighted by Crippen LogP contribution is -2.31. The minimum Gasteiger partial charge on any atom is -0.393 e. The van der Waals surface area contributed by atoms with Crippen molar-refractivity contribution in [1.82, 2.24) is 4.90 Å². The molecule has 14 heavy (non-hydrogen) atoms. The Hall–Kier alpha value is 0.200. The molecule has 2 N–H and O–H groups in total. The van der Waals surface area contributed by atoms with E-state index < -0.39 is 0 Å². The van der Waals surface area contributed by atoms with Crippen molar-refractivity contribution in [3.05, 3.63) is 0 Å². The van der Waals surface area contributed by atoms with Gasteiger partial charge in [0.1, 0.15) is 0 Å². The predicted octanol–water partition coefficient (Wildman–Crippen LogP) is 2.13. The van der Waals surface area contributed by atoms with E-state index >= 15 is 0 Å². The van der Waals surface area contributed by atoms with E-state index in [-0.39, 0.29) is 0 Å². The van der Waals surface area contributed by atoms with E-state index in [1.807, 2.05) is 11.8 Å². The van der Waals surface area contributed by atoms with Crippen LogP contribution in [0, 0.1) is 0 Å². The highest BCUT2D eigenvalue weighted by atomic mass is 32.2. The maximum atomic E-state index is 5.43. The van der Waals surface area contributed by atoms with Crippen LogP contribution in [0.1, 0.15) is 26.2 Å². The molecule has 0 aromatic rings. The third-order valence-electron chi connectivity index (χ3n) is 2.34. The summed E-state index contributed by atoms with van der Waals surface area (Å²) in [5.41, 5.74) is 5.43. The Bertz CT molecular complexity index is 162. The highest BCUT2D eigenvalue weighted by Gasteiger charge is 2.07. The maximum absolute atomic E-state index is 5.43. The van der Waals surface area contributed by atoms with E-state index in [1.54, 1.807) is 0 Å². The van der Waals surface area contributed by atoms with Crippen LogP contribution in [0.15, 0.2) is 0 Å². The Balaban J connectivity index is 3.43. The molecule has 0 aromatic heterocycles. The first-order valence-electron chi connectivity index (χ1n) is 5.05. The van der Waals surface area contributed by atoms with Crippen LogP contribution in [0.2, 0.25) is 0 Å². The summed E-state index contributed by atoms with van der Waals surface area (Å²) in [6, 6.07) is 0.662. The standard InChI is InChI=1S/C10H22N2S2/c1-9(8-14-3)12(2)7-5-4-6-10(11)13/h9H,4-8H2,1-3H3,(H2,11,13). The van der Waals surface area contributed by atoms with Gasteiger partial charge in [-0.3, -0.25) is 0 Å². The Morgan fingerprint density at radius 2 is 2.14 bits per heavy atom. The molecule has 0 fully saturated rings. The first kappa shape index (κ1) is 14.2. The molecule has 84 valence electrons. The number of nitrogens with two attached hydrogens (primary N) is 1. The van der Waals surface area contributed by atoms with Gasteiger partial charge in [-0.05, 0) is 46.0 Å². The Morgan fingerprint density at radius 3 is 2.64 bits per heavy atom. The smallest absolute Gasteiger partial charge is 0.0727 e. The predicted molar refractivity (Wildman–Crippen MR) is 71.1 cm³/mol. The molecule has 0 aliphatic heterocycles. The van der Waals surface area contributed by atoms with E-state index in [0.29, 0.717) is 11.0 Å². The molecule has 0 saturated carbocycles. The zero-order chi connectivity index (χ0) is 11.0. The molecule has 2 nitrogen and oxygen atoms in total. The summed E-state index contributed by atoms with van der Waals surface area (Å²) in [4.78, 5) is 3.04. The zero-order valence-corrected chi connectivity index (χ0v) is 11.1. The molecule has 0 bridgehead atoms. The quantitative estimate of drug-likeness (QED) is 0.515. The fraction of sp³-hybridized carbons (Fsp3) is 0.900. The van der Waals surface area contributed by atoms with Crippen molar-refractivity contribution in [2.75, 3.05) is 25.6 Å². The third-order valence-corrected chi connectivity index (χ3v) is 3.36. The molecule has 0 rings (SSSR count). The average Bonchev–Trinajstić information content (AvgIpc) is 2.12. The normalized spacial score (nSPS) is 13.1. The van der Waals surface area contributed by atoms with E-state index in [2.05, 4.69) is 25.1 Å². The number of nitrogens with zero attached hydrogens (tertiary/aromatic N) is 1. The molecule has 0 saturated heterocycles. The number of thioether (sulfide) groups is 1. The van der Waals surface area contributed by atoms with E-state index in [0.717, 1.165) is 19.4 Å². The van der Waals surface area contributed by atoms with Crippen LogP contribution in [-0.2, 0) is 0 Å². The van der Waals surface area contributed by atoms with Gasteiger partial charge in [-0.1, -0.05) is 12.2 Å². The number of hydrogen-bond donors (Lipinski definition) is 1. The van der Waals surface area contributed by atoms with Gasteiger partial charge in [0.15, 0.2) is 0 Å². The first-order chi connectivity index (χ1) is 6.57. The molecule has 0 aliphatic rings. The monoisotopic (exact) mass is 234 g/mol. The van der Waals surface area contributed by atoms with Crippen molar-refractivity contribution in [2.24, 2.45) is 5.73 Å². The molecule has 0 aliphatic carbocycles. The van der Waals surface area contributed by atoms with Crippen molar-refractivity contribution in [3.63, 3.8) is 0 Å². The van der Waals surface area contributed by atoms with Crippen molar-refractivity contribution in [3.8, 4) is 0 Å². The van der Waals surface area contributed by atoms with Gasteiger partial charge in [-0.25, -0.2) is 0 Å². The summed E-state index contributed by atoms with van der Waals surface area (Å²) < 4.78 is 0. The number of thiocarbonyl (C=S) groups is 1. The van der Waals surface area contributed by atoms with Crippen LogP contribution in [0.5, 0.6) is 0 Å². The van der Waals surface area contributed by atoms with Crippen molar-refractivity contribution in [1.29, 1.82) is 0 Å². The summed E-state index contributed by atoms with van der Waals surface area (Å²) in [5.74, 6) is 1.20. The van der Waals surface area contributed by atoms with Crippen LogP contribution >= 0.6 is 24.0 Å². The molecule has 0 aromatic carbocycles. The Labute approximate surface area is 97.6 Å². The van der Waals surface area contributed by atoms with Crippen LogP contribution in [0.3, 0.4) is 0 Å². The lowest BCUT2D eigenvalue weighted by molar-refractivity contribution is 0.273. The van der Waals surface area contributed by atoms with Crippen LogP contribution in [-0.4, -0.2) is 41.5 Å². The highest BCUT2D eigenvalue weighted by Crippen LogP contribution is 2.05. The van der Waals surface area contributed by atoms with E-state index in [9.17, 15) is 0 Å². The molecular weight excluding hydrogens is 212 g/mol. The van der Waals surface area contributed by atoms with E-state index in [4.69, 9.17) is 18.0 Å². The first-order valence-corrected chi connectivity index (χ1v) is 6.85. The van der Waals surface area contributed by atoms with Crippen molar-refractivity contribution >= 4 is 29.0 Å². The molecule has 1 unspecified atom stereocenters. The van der Waals surface area contributed by atoms with Gasteiger partial charge in [0.25, 0.3) is 0 Å². The van der Waals surface area contributed by atoms with Gasteiger partial charge in [0.2, 0.25) is 0 Å². The Morgan fingerprint density at radius 1 is 1.50 bits per heavy atom. The number of unbranched alkanes of at least 4 members (excludes halogenated alkanes) is 1. The molecule has 1 atom stereocenters. The minimum atomic E-state index is 0.643. The van der Waals surface area contributed by atoms with Gasteiger partial charge >= 0.3 is 0 Å². The maximum Gasteiger partial charge on any atom is 0.0727 e. The molecular formula is C10H22N2S2. The van der Waals surface area contributed by atoms with Crippen molar-refractivity contribution < 1.29 is 0 Å². The second-order valence-electron chi connectivity index (χ2n) is 3.71. The number of hydrogen-bond acceptors (Lipinski definition) is 3. The van der Waals surface area contributed by atoms with Gasteiger partial charge in [0, 0.05) is 11.8 Å². The lowest BCUT2D eigenvalue weighted by atomic mass is 10.2. The van der Waals surface area contributed by atoms with Gasteiger partial charge in [0.05, 0.1) is 4.99 Å². The summed E-state index contributed by atoms with van der Waals surface area (Å²) >= 11 is 6.73. The van der Waals surface area contributed by atoms with Gasteiger partial charge in [-0.2, -0.15) is 11.8 Å². The third kappa shape index (κ3) is 7.59. The minimum absolute atomic E-state index is 0.643. The van der Waals surface area contributed by atoms with Gasteiger partial charge < -0.3 is 10.6 Å². The summed E-state index contributed by atoms with van der Waals surface area (Å²) in [5, 5.41) is 0. The summed E-state index contributed by atoms with van der Waals surface area (Å²) in [6.07, 6.45) is 5.34. The highest BCUT2D eigenvalue weighted by molar-refractivity contribution is 7.98. The number of rotatable bonds is 8. The molecule has 0 amide bonds. The second-order valence-corrected chi connectivity index (χ2v) is 5.14. The van der Waals surface area contributed by atoms with Crippen LogP contribution < -0.4 is 5.73 Å². The molecule has 0 spiro atoms. The van der Waals surface area contributed by atoms with Crippen LogP contribution in [0.4, 0.5) is 0 Å². The van der Waals surface area contributed by atoms with Crippen molar-refractivity contribution in [2.45, 2.75) is 32.2 Å². The molecule has 4 heteroatoms. The summed E-state index contributed by atoms with van der Waals surface area (Å²) in [6.45, 7) is 3.41. The SMILES string of the molecule is CSCC(C)N(C)CCCCC(N)=S. The topological polar surface area (TPSA) is 29.3 Å². The van der Waals surface area contributed by atoms with Gasteiger partial charge in [-0.15, -0.1) is 0 Å². The van der Waals surface area contributed by atoms with E-state index in [1.165, 1.54) is 12.2 Å².